The van der Waals surface area contributed by atoms with Gasteiger partial charge in [-0.1, -0.05) is 13.8 Å². The van der Waals surface area contributed by atoms with Crippen LogP contribution in [0.25, 0.3) is 0 Å². The minimum absolute atomic E-state index is 0.0730. The molecule has 2 saturated carbocycles. The number of carbonyl (C=O) groups is 5. The van der Waals surface area contributed by atoms with Crippen LogP contribution in [-0.2, 0) is 25.6 Å². The Kier molecular flexibility index (Phi) is 5.96. The standard InChI is InChI=1S/C26H32N4O7/c1-24-9-12-13(28-11-29(3)4)7-8-14(31)15(12)18(32)17(24)22(35)26(37)21(34)16(23(27)36)19(33)20(30(5)6)25(26,2)10-24/h7-8,11,16-17,20,31,37H,9-10H2,1-6H3,(H2,27,36)/t16?,17?,20-,24+,25+,26-/m1/s1. The third-order valence-electron chi connectivity index (χ3n) is 8.27. The summed E-state index contributed by atoms with van der Waals surface area (Å²) in [6.07, 6.45) is 1.59. The van der Waals surface area contributed by atoms with Gasteiger partial charge in [-0.2, -0.15) is 0 Å². The number of aliphatic hydroxyl groups is 1. The Morgan fingerprint density at radius 2 is 1.73 bits per heavy atom. The number of hydrogen-bond donors (Lipinski definition) is 3. The van der Waals surface area contributed by atoms with Crippen molar-refractivity contribution in [3.8, 4) is 5.75 Å². The number of benzene rings is 1. The Morgan fingerprint density at radius 3 is 2.27 bits per heavy atom. The van der Waals surface area contributed by atoms with Gasteiger partial charge < -0.3 is 20.8 Å². The number of fused-ring (bicyclic) bond motifs is 3. The van der Waals surface area contributed by atoms with Crippen LogP contribution < -0.4 is 5.73 Å². The summed E-state index contributed by atoms with van der Waals surface area (Å²) >= 11 is 0. The highest BCUT2D eigenvalue weighted by Crippen LogP contribution is 2.62. The Bertz CT molecular complexity index is 1290. The van der Waals surface area contributed by atoms with Crippen molar-refractivity contribution in [2.75, 3.05) is 28.2 Å². The first-order valence-corrected chi connectivity index (χ1v) is 11.9. The topological polar surface area (TPSA) is 171 Å². The quantitative estimate of drug-likeness (QED) is 0.282. The third kappa shape index (κ3) is 3.40. The van der Waals surface area contributed by atoms with E-state index in [4.69, 9.17) is 5.73 Å². The van der Waals surface area contributed by atoms with Crippen molar-refractivity contribution in [2.45, 2.75) is 38.3 Å². The van der Waals surface area contributed by atoms with E-state index in [2.05, 4.69) is 4.99 Å². The van der Waals surface area contributed by atoms with Crippen LogP contribution >= 0.6 is 0 Å². The predicted molar refractivity (Wildman–Crippen MR) is 132 cm³/mol. The fraction of sp³-hybridized carbons (Fsp3) is 0.538. The molecule has 2 unspecified atom stereocenters. The number of rotatable bonds is 4. The van der Waals surface area contributed by atoms with Crippen molar-refractivity contribution in [2.24, 2.45) is 33.4 Å². The lowest BCUT2D eigenvalue weighted by atomic mass is 9.42. The first-order valence-electron chi connectivity index (χ1n) is 11.9. The van der Waals surface area contributed by atoms with Crippen LogP contribution in [0.5, 0.6) is 5.75 Å². The highest BCUT2D eigenvalue weighted by Gasteiger charge is 2.76. The van der Waals surface area contributed by atoms with E-state index in [9.17, 15) is 34.2 Å². The monoisotopic (exact) mass is 512 g/mol. The van der Waals surface area contributed by atoms with Gasteiger partial charge in [-0.15, -0.1) is 0 Å². The number of amides is 1. The number of likely N-dealkylation sites (N-methyl/N-ethyl adjacent to an activating group) is 1. The summed E-state index contributed by atoms with van der Waals surface area (Å²) in [5.74, 6) is -9.05. The number of phenolic OH excluding ortho intramolecular Hbond substituents is 1. The highest BCUT2D eigenvalue weighted by atomic mass is 16.3. The zero-order chi connectivity index (χ0) is 27.8. The summed E-state index contributed by atoms with van der Waals surface area (Å²) in [7, 11) is 6.65. The van der Waals surface area contributed by atoms with E-state index < -0.39 is 63.3 Å². The largest absolute Gasteiger partial charge is 0.507 e. The molecule has 198 valence electrons. The lowest BCUT2D eigenvalue weighted by Gasteiger charge is -2.61. The molecule has 1 aromatic rings. The molecule has 1 aromatic carbocycles. The number of phenols is 1. The van der Waals surface area contributed by atoms with E-state index in [0.29, 0.717) is 11.3 Å². The zero-order valence-electron chi connectivity index (χ0n) is 21.7. The Balaban J connectivity index is 1.97. The predicted octanol–water partition coefficient (Wildman–Crippen LogP) is -0.131. The molecule has 0 radical (unpaired) electrons. The number of aliphatic imine (C=N–C) groups is 1. The van der Waals surface area contributed by atoms with Crippen molar-refractivity contribution < 1.29 is 34.2 Å². The fourth-order valence-electron chi connectivity index (χ4n) is 7.00. The molecule has 0 saturated heterocycles. The molecule has 6 atom stereocenters. The summed E-state index contributed by atoms with van der Waals surface area (Å²) in [5, 5.41) is 22.5. The summed E-state index contributed by atoms with van der Waals surface area (Å²) in [4.78, 5) is 74.7. The molecule has 11 nitrogen and oxygen atoms in total. The van der Waals surface area contributed by atoms with Crippen LogP contribution in [0.2, 0.25) is 0 Å². The maximum atomic E-state index is 14.1. The second kappa shape index (κ2) is 8.29. The van der Waals surface area contributed by atoms with Crippen molar-refractivity contribution in [1.29, 1.82) is 0 Å². The average molecular weight is 513 g/mol. The molecule has 0 bridgehead atoms. The molecule has 11 heteroatoms. The van der Waals surface area contributed by atoms with Crippen molar-refractivity contribution >= 4 is 41.1 Å². The van der Waals surface area contributed by atoms with Gasteiger partial charge in [-0.25, -0.2) is 4.99 Å². The van der Waals surface area contributed by atoms with Crippen LogP contribution in [0, 0.1) is 22.7 Å². The van der Waals surface area contributed by atoms with Gasteiger partial charge in [-0.3, -0.25) is 28.9 Å². The van der Waals surface area contributed by atoms with Gasteiger partial charge >= 0.3 is 0 Å². The first-order chi connectivity index (χ1) is 17.0. The second-order valence-corrected chi connectivity index (χ2v) is 11.4. The van der Waals surface area contributed by atoms with E-state index in [1.807, 2.05) is 0 Å². The third-order valence-corrected chi connectivity index (χ3v) is 8.27. The molecule has 0 spiro atoms. The molecule has 3 aliphatic rings. The van der Waals surface area contributed by atoms with Gasteiger partial charge in [0.2, 0.25) is 5.91 Å². The summed E-state index contributed by atoms with van der Waals surface area (Å²) in [6, 6.07) is 1.67. The van der Waals surface area contributed by atoms with Crippen LogP contribution in [0.1, 0.15) is 36.2 Å². The maximum absolute atomic E-state index is 14.1. The summed E-state index contributed by atoms with van der Waals surface area (Å²) < 4.78 is 0. The Labute approximate surface area is 214 Å². The molecule has 0 heterocycles. The number of hydrogen-bond acceptors (Lipinski definition) is 9. The fourth-order valence-corrected chi connectivity index (χ4v) is 7.00. The van der Waals surface area contributed by atoms with Gasteiger partial charge in [0.05, 0.1) is 29.5 Å². The molecule has 3 aliphatic carbocycles. The van der Waals surface area contributed by atoms with E-state index in [0.717, 1.165) is 0 Å². The molecule has 0 aliphatic heterocycles. The number of nitrogens with zero attached hydrogens (tertiary/aromatic N) is 3. The number of primary amides is 1. The molecular formula is C26H32N4O7. The van der Waals surface area contributed by atoms with Crippen molar-refractivity contribution in [1.82, 2.24) is 9.80 Å². The molecule has 1 amide bonds. The van der Waals surface area contributed by atoms with Crippen molar-refractivity contribution in [3.05, 3.63) is 23.3 Å². The Hall–Kier alpha value is -3.44. The van der Waals surface area contributed by atoms with Crippen LogP contribution in [0.15, 0.2) is 17.1 Å². The van der Waals surface area contributed by atoms with Crippen LogP contribution in [0.3, 0.4) is 0 Å². The number of carbonyl (C=O) groups excluding carboxylic acids is 5. The van der Waals surface area contributed by atoms with Gasteiger partial charge in [0, 0.05) is 19.5 Å². The lowest BCUT2D eigenvalue weighted by Crippen LogP contribution is -2.79. The zero-order valence-corrected chi connectivity index (χ0v) is 21.7. The van der Waals surface area contributed by atoms with E-state index in [-0.39, 0.29) is 24.2 Å². The van der Waals surface area contributed by atoms with Gasteiger partial charge in [0.25, 0.3) is 0 Å². The van der Waals surface area contributed by atoms with Gasteiger partial charge in [0.15, 0.2) is 34.7 Å². The number of aromatic hydroxyl groups is 1. The normalized spacial score (nSPS) is 35.4. The second-order valence-electron chi connectivity index (χ2n) is 11.4. The smallest absolute Gasteiger partial charge is 0.235 e. The van der Waals surface area contributed by atoms with Crippen molar-refractivity contribution in [3.63, 3.8) is 0 Å². The first kappa shape index (κ1) is 26.6. The van der Waals surface area contributed by atoms with Gasteiger partial charge in [-0.05, 0) is 50.0 Å². The molecular weight excluding hydrogens is 480 g/mol. The van der Waals surface area contributed by atoms with Crippen LogP contribution in [0.4, 0.5) is 5.69 Å². The lowest BCUT2D eigenvalue weighted by molar-refractivity contribution is -0.203. The molecule has 37 heavy (non-hydrogen) atoms. The summed E-state index contributed by atoms with van der Waals surface area (Å²) in [5.41, 5.74) is 0.541. The molecule has 0 aromatic heterocycles. The minimum atomic E-state index is -2.82. The number of nitrogens with two attached hydrogens (primary N) is 1. The maximum Gasteiger partial charge on any atom is 0.235 e. The van der Waals surface area contributed by atoms with E-state index >= 15 is 0 Å². The Morgan fingerprint density at radius 1 is 1.11 bits per heavy atom. The van der Waals surface area contributed by atoms with E-state index in [1.165, 1.54) is 17.9 Å². The van der Waals surface area contributed by atoms with E-state index in [1.54, 1.807) is 52.4 Å². The summed E-state index contributed by atoms with van der Waals surface area (Å²) in [6.45, 7) is 3.17. The SMILES string of the molecule is CN(C)C=Nc1ccc(O)c2c1C[C@@]1(C)C[C@@]3(C)[C@H](N(C)C)C(=O)C(C(N)=O)C(=O)[C@@]3(O)C(=O)C1C2=O. The molecule has 4 rings (SSSR count). The highest BCUT2D eigenvalue weighted by molar-refractivity contribution is 6.33. The average Bonchev–Trinajstić information content (AvgIpc) is 2.75. The molecule has 2 fully saturated rings. The van der Waals surface area contributed by atoms with Gasteiger partial charge in [0.1, 0.15) is 5.75 Å². The number of ketones is 4. The molecule has 4 N–H and O–H groups in total. The van der Waals surface area contributed by atoms with Crippen LogP contribution in [-0.4, -0.2) is 95.2 Å². The minimum Gasteiger partial charge on any atom is -0.507 e. The number of Topliss-reactive ketones (excluding diaryl/α,β-unsaturated/α-hetero) is 4.